The van der Waals surface area contributed by atoms with Gasteiger partial charge in [0.15, 0.2) is 10.9 Å². The van der Waals surface area contributed by atoms with Crippen molar-refractivity contribution in [1.29, 1.82) is 0 Å². The first-order valence-corrected chi connectivity index (χ1v) is 21.6. The number of nitrogens with zero attached hydrogens (tertiary/aromatic N) is 3. The molecule has 5 atom stereocenters. The fraction of sp³-hybridized carbons (Fsp3) is 0.348. The normalized spacial score (nSPS) is 20.3. The smallest absolute Gasteiger partial charge is 0.336 e. The highest BCUT2D eigenvalue weighted by Crippen LogP contribution is 2.45. The van der Waals surface area contributed by atoms with E-state index in [0.717, 1.165) is 0 Å². The van der Waals surface area contributed by atoms with Gasteiger partial charge in [0.25, 0.3) is 0 Å². The number of carboxylic acid groups (broad SMARTS) is 6. The average molecular weight is 944 g/mol. The zero-order chi connectivity index (χ0) is 48.5. The van der Waals surface area contributed by atoms with E-state index < -0.39 is 98.7 Å². The Morgan fingerprint density at radius 2 is 1.30 bits per heavy atom. The van der Waals surface area contributed by atoms with Crippen LogP contribution in [0.3, 0.4) is 0 Å². The molecule has 0 amide bonds. The molecule has 0 saturated heterocycles. The molecule has 6 rings (SSSR count). The number of carbonyl (C=O) groups is 7. The minimum Gasteiger partial charge on any atom is -0.508 e. The van der Waals surface area contributed by atoms with Gasteiger partial charge in [-0.25, -0.2) is 4.79 Å². The molecule has 3 aliphatic carbocycles. The number of hydrogen-bond donors (Lipinski definition) is 9. The van der Waals surface area contributed by atoms with Gasteiger partial charge in [-0.1, -0.05) is 37.1 Å². The third-order valence-electron chi connectivity index (χ3n) is 11.8. The van der Waals surface area contributed by atoms with Crippen molar-refractivity contribution in [1.82, 2.24) is 14.7 Å². The van der Waals surface area contributed by atoms with Crippen molar-refractivity contribution in [2.75, 3.05) is 49.9 Å². The molecule has 0 spiro atoms. The summed E-state index contributed by atoms with van der Waals surface area (Å²) in [6.07, 6.45) is 10.3. The fourth-order valence-corrected chi connectivity index (χ4v) is 9.35. The number of carboxylic acids is 6. The molecule has 0 aromatic heterocycles. The number of anilines is 2. The third-order valence-corrected chi connectivity index (χ3v) is 12.0. The number of carbonyl (C=O) groups excluding carboxylic acids is 1. The van der Waals surface area contributed by atoms with E-state index in [1.54, 1.807) is 53.5 Å². The van der Waals surface area contributed by atoms with E-state index in [4.69, 9.17) is 17.0 Å². The highest BCUT2D eigenvalue weighted by atomic mass is 32.1. The number of rotatable bonds is 21. The van der Waals surface area contributed by atoms with Crippen molar-refractivity contribution >= 4 is 75.9 Å². The van der Waals surface area contributed by atoms with E-state index >= 15 is 0 Å². The van der Waals surface area contributed by atoms with Crippen molar-refractivity contribution in [3.05, 3.63) is 113 Å². The maximum atomic E-state index is 12.8. The summed E-state index contributed by atoms with van der Waals surface area (Å²) in [6, 6.07) is 9.08. The minimum atomic E-state index is -1.33. The number of aliphatic hydroxyl groups excluding tert-OH is 1. The van der Waals surface area contributed by atoms with Gasteiger partial charge in [0.2, 0.25) is 0 Å². The van der Waals surface area contributed by atoms with Gasteiger partial charge in [0, 0.05) is 53.6 Å². The average Bonchev–Trinajstić information content (AvgIpc) is 3.24. The second-order valence-corrected chi connectivity index (χ2v) is 16.9. The van der Waals surface area contributed by atoms with Crippen LogP contribution in [-0.4, -0.2) is 161 Å². The Labute approximate surface area is 388 Å². The first kappa shape index (κ1) is 49.2. The topological polar surface area (TPSA) is 304 Å². The van der Waals surface area contributed by atoms with E-state index in [1.165, 1.54) is 40.2 Å². The predicted molar refractivity (Wildman–Crippen MR) is 243 cm³/mol. The highest BCUT2D eigenvalue weighted by molar-refractivity contribution is 7.80. The number of aliphatic carboxylic acids is 5. The summed E-state index contributed by atoms with van der Waals surface area (Å²) < 4.78 is 6.02. The van der Waals surface area contributed by atoms with Crippen LogP contribution in [-0.2, 0) is 39.9 Å². The Morgan fingerprint density at radius 1 is 0.731 bits per heavy atom. The molecule has 67 heavy (non-hydrogen) atoms. The highest BCUT2D eigenvalue weighted by Gasteiger charge is 2.40. The zero-order valence-corrected chi connectivity index (χ0v) is 36.6. The fourth-order valence-electron chi connectivity index (χ4n) is 9.12. The molecule has 354 valence electrons. The van der Waals surface area contributed by atoms with Crippen molar-refractivity contribution in [3.8, 4) is 0 Å². The van der Waals surface area contributed by atoms with E-state index in [2.05, 4.69) is 10.6 Å². The Balaban J connectivity index is 1.22. The number of benzene rings is 2. The molecule has 20 nitrogen and oxygen atoms in total. The summed E-state index contributed by atoms with van der Waals surface area (Å²) >= 11 is 5.57. The Kier molecular flexibility index (Phi) is 16.1. The molecule has 2 aromatic rings. The van der Waals surface area contributed by atoms with Gasteiger partial charge in [-0.3, -0.25) is 43.5 Å². The van der Waals surface area contributed by atoms with Gasteiger partial charge in [-0.2, -0.15) is 0 Å². The van der Waals surface area contributed by atoms with Crippen LogP contribution in [0.4, 0.5) is 11.4 Å². The lowest BCUT2D eigenvalue weighted by molar-refractivity contribution is -0.146. The van der Waals surface area contributed by atoms with Gasteiger partial charge >= 0.3 is 35.8 Å². The van der Waals surface area contributed by atoms with Crippen LogP contribution in [0, 0.1) is 5.92 Å². The van der Waals surface area contributed by atoms with Crippen molar-refractivity contribution in [2.45, 2.75) is 56.3 Å². The SMILES string of the molecule is O=C1C=CC2=C(c3ccc(NC(=S)Nc4ccc(CC(CN(CC(=O)O)C5CCCCC5N(CC(=O)O)CC(=O)O)N(CC(=O)O)CC(=O)O)cc4)cc3C(=O)O)C3C=CC(O)=CC3OC2=C1. The minimum absolute atomic E-state index is 0.0353. The van der Waals surface area contributed by atoms with Gasteiger partial charge in [-0.15, -0.1) is 0 Å². The zero-order valence-electron chi connectivity index (χ0n) is 35.8. The molecular weight excluding hydrogens is 895 g/mol. The van der Waals surface area contributed by atoms with Crippen LogP contribution in [0.15, 0.2) is 96.0 Å². The van der Waals surface area contributed by atoms with Crippen LogP contribution < -0.4 is 10.6 Å². The molecule has 1 fully saturated rings. The lowest BCUT2D eigenvalue weighted by Crippen LogP contribution is -2.59. The molecule has 1 heterocycles. The Morgan fingerprint density at radius 3 is 1.90 bits per heavy atom. The number of nitrogens with one attached hydrogen (secondary N) is 2. The molecule has 4 aliphatic rings. The summed E-state index contributed by atoms with van der Waals surface area (Å²) in [4.78, 5) is 89.0. The first-order chi connectivity index (χ1) is 31.8. The van der Waals surface area contributed by atoms with Gasteiger partial charge < -0.3 is 51.1 Å². The third kappa shape index (κ3) is 13.0. The summed E-state index contributed by atoms with van der Waals surface area (Å²) in [5.74, 6) is -8.26. The summed E-state index contributed by atoms with van der Waals surface area (Å²) in [5, 5.41) is 75.5. The molecule has 0 radical (unpaired) electrons. The quantitative estimate of drug-likeness (QED) is 0.0809. The molecule has 5 unspecified atom stereocenters. The lowest BCUT2D eigenvalue weighted by Gasteiger charge is -2.45. The monoisotopic (exact) mass is 943 g/mol. The van der Waals surface area contributed by atoms with Gasteiger partial charge in [0.05, 0.1) is 38.3 Å². The molecule has 1 saturated carbocycles. The summed E-state index contributed by atoms with van der Waals surface area (Å²) in [7, 11) is 0. The van der Waals surface area contributed by atoms with E-state index in [0.29, 0.717) is 59.3 Å². The van der Waals surface area contributed by atoms with Crippen molar-refractivity contribution < 1.29 is 74.0 Å². The number of ether oxygens (including phenoxy) is 1. The summed E-state index contributed by atoms with van der Waals surface area (Å²) in [6.45, 7) is -3.37. The molecule has 9 N–H and O–H groups in total. The van der Waals surface area contributed by atoms with Gasteiger partial charge in [0.1, 0.15) is 17.6 Å². The predicted octanol–water partition coefficient (Wildman–Crippen LogP) is 3.55. The molecule has 21 heteroatoms. The number of fused-ring (bicyclic) bond motifs is 2. The van der Waals surface area contributed by atoms with Crippen LogP contribution in [0.5, 0.6) is 0 Å². The molecule has 0 bridgehead atoms. The van der Waals surface area contributed by atoms with Crippen LogP contribution >= 0.6 is 12.2 Å². The summed E-state index contributed by atoms with van der Waals surface area (Å²) in [5.41, 5.74) is 2.80. The second-order valence-electron chi connectivity index (χ2n) is 16.5. The number of hydrogen-bond acceptors (Lipinski definition) is 13. The van der Waals surface area contributed by atoms with Crippen molar-refractivity contribution in [3.63, 3.8) is 0 Å². The number of allylic oxidation sites excluding steroid dienone is 4. The van der Waals surface area contributed by atoms with Crippen LogP contribution in [0.2, 0.25) is 0 Å². The second kappa shape index (κ2) is 21.9. The molecular formula is C46H49N5O15S. The number of aliphatic hydroxyl groups is 1. The number of thiocarbonyl (C=S) groups is 1. The first-order valence-electron chi connectivity index (χ1n) is 21.1. The van der Waals surface area contributed by atoms with E-state index in [9.17, 15) is 69.3 Å². The number of aromatic carboxylic acids is 1. The molecule has 2 aromatic carbocycles. The Bertz CT molecular complexity index is 2450. The maximum Gasteiger partial charge on any atom is 0.336 e. The van der Waals surface area contributed by atoms with Crippen molar-refractivity contribution in [2.24, 2.45) is 5.92 Å². The largest absolute Gasteiger partial charge is 0.508 e. The van der Waals surface area contributed by atoms with E-state index in [-0.39, 0.29) is 40.9 Å². The number of ketones is 1. The lowest BCUT2D eigenvalue weighted by atomic mass is 9.77. The van der Waals surface area contributed by atoms with Crippen LogP contribution in [0.1, 0.15) is 47.2 Å². The van der Waals surface area contributed by atoms with Crippen LogP contribution in [0.25, 0.3) is 5.57 Å². The standard InChI is InChI=1S/C46H49N5O15S/c52-29-10-13-32-37(17-29)66-38-18-30(53)11-14-33(38)44(32)31-12-9-27(16-34(31)45(64)65)48-46(67)47-26-7-5-25(6-8-26)15-28(49(20-39(54)55)21-40(56)57)19-50(22-41(58)59)35-3-1-2-4-36(35)51(23-42(60)61)24-43(62)63/h5-14,16-18,28,32,35-37,52H,1-4,15,19-24H2,(H,54,55)(H,56,57)(H,58,59)(H,60,61)(H,62,63)(H,64,65)(H2,47,48,67). The van der Waals surface area contributed by atoms with Gasteiger partial charge in [-0.05, 0) is 96.7 Å². The molecule has 1 aliphatic heterocycles. The van der Waals surface area contributed by atoms with E-state index in [1.807, 2.05) is 0 Å². The Hall–Kier alpha value is -7.20. The maximum absolute atomic E-state index is 12.8.